The molecule has 0 aliphatic carbocycles. The van der Waals surface area contributed by atoms with E-state index in [2.05, 4.69) is 5.32 Å². The monoisotopic (exact) mass is 431 g/mol. The molecule has 5 nitrogen and oxygen atoms in total. The molecule has 1 heterocycles. The first-order valence-electron chi connectivity index (χ1n) is 8.25. The van der Waals surface area contributed by atoms with E-state index < -0.39 is 5.91 Å². The van der Waals surface area contributed by atoms with Crippen molar-refractivity contribution in [3.8, 4) is 6.07 Å². The zero-order valence-electron chi connectivity index (χ0n) is 15.0. The van der Waals surface area contributed by atoms with Gasteiger partial charge in [0.2, 0.25) is 5.91 Å². The van der Waals surface area contributed by atoms with Crippen molar-refractivity contribution in [2.45, 2.75) is 13.8 Å². The van der Waals surface area contributed by atoms with Crippen LogP contribution in [0.4, 0.5) is 11.4 Å². The minimum Gasteiger partial charge on any atom is -0.320 e. The van der Waals surface area contributed by atoms with Crippen molar-refractivity contribution in [1.82, 2.24) is 0 Å². The lowest BCUT2D eigenvalue weighted by Gasteiger charge is -2.21. The number of carbonyl (C=O) groups excluding carboxylic acids is 2. The molecule has 0 unspecified atom stereocenters. The largest absolute Gasteiger partial charge is 0.320 e. The molecular formula is C20H15Cl2N3O2S. The highest BCUT2D eigenvalue weighted by Crippen LogP contribution is 2.38. The van der Waals surface area contributed by atoms with Crippen LogP contribution in [0.2, 0.25) is 10.0 Å². The highest BCUT2D eigenvalue weighted by Gasteiger charge is 2.34. The second kappa shape index (κ2) is 8.27. The van der Waals surface area contributed by atoms with Crippen molar-refractivity contribution in [3.63, 3.8) is 0 Å². The summed E-state index contributed by atoms with van der Waals surface area (Å²) in [4.78, 5) is 26.7. The number of anilines is 2. The first-order chi connectivity index (χ1) is 13.3. The minimum atomic E-state index is -0.640. The molecule has 1 saturated heterocycles. The minimum absolute atomic E-state index is 0.151. The van der Waals surface area contributed by atoms with Crippen molar-refractivity contribution in [3.05, 3.63) is 68.2 Å². The summed E-state index contributed by atoms with van der Waals surface area (Å²) in [5, 5.41) is 13.2. The lowest BCUT2D eigenvalue weighted by molar-refractivity contribution is -0.115. The number of halogens is 2. The summed E-state index contributed by atoms with van der Waals surface area (Å²) in [5.41, 5.74) is 2.77. The molecule has 2 aromatic rings. The number of nitriles is 1. The maximum absolute atomic E-state index is 12.8. The van der Waals surface area contributed by atoms with Gasteiger partial charge < -0.3 is 5.32 Å². The predicted molar refractivity (Wildman–Crippen MR) is 114 cm³/mol. The maximum atomic E-state index is 12.8. The molecule has 2 aromatic carbocycles. The molecule has 8 heteroatoms. The molecule has 0 atom stereocenters. The van der Waals surface area contributed by atoms with Crippen molar-refractivity contribution in [1.29, 1.82) is 5.26 Å². The Morgan fingerprint density at radius 2 is 1.96 bits per heavy atom. The molecule has 3 rings (SSSR count). The van der Waals surface area contributed by atoms with Gasteiger partial charge in [-0.1, -0.05) is 52.7 Å². The van der Waals surface area contributed by atoms with Gasteiger partial charge in [0.25, 0.3) is 5.91 Å². The summed E-state index contributed by atoms with van der Waals surface area (Å²) in [5.74, 6) is -0.668. The highest BCUT2D eigenvalue weighted by atomic mass is 35.5. The smallest absolute Gasteiger partial charge is 0.269 e. The number of thioether (sulfide) groups is 1. The third kappa shape index (κ3) is 4.02. The number of rotatable bonds is 3. The Morgan fingerprint density at radius 1 is 1.21 bits per heavy atom. The van der Waals surface area contributed by atoms with E-state index in [9.17, 15) is 14.9 Å². The van der Waals surface area contributed by atoms with Crippen LogP contribution in [0.1, 0.15) is 11.1 Å². The zero-order chi connectivity index (χ0) is 20.4. The van der Waals surface area contributed by atoms with Crippen LogP contribution in [-0.2, 0) is 9.59 Å². The van der Waals surface area contributed by atoms with E-state index in [1.807, 2.05) is 38.1 Å². The summed E-state index contributed by atoms with van der Waals surface area (Å²) in [6.07, 6.45) is 0. The molecule has 0 saturated carbocycles. The van der Waals surface area contributed by atoms with Crippen LogP contribution in [-0.4, -0.2) is 17.6 Å². The van der Waals surface area contributed by atoms with E-state index in [-0.39, 0.29) is 22.3 Å². The van der Waals surface area contributed by atoms with Gasteiger partial charge in [-0.2, -0.15) is 5.26 Å². The maximum Gasteiger partial charge on any atom is 0.269 e. The van der Waals surface area contributed by atoms with Gasteiger partial charge in [0.15, 0.2) is 0 Å². The van der Waals surface area contributed by atoms with E-state index in [1.54, 1.807) is 12.1 Å². The molecule has 1 aliphatic rings. The standard InChI is InChI=1S/C20H15Cl2N3O2S/c1-11-3-6-17(12(2)7-11)25-18(26)10-28-20(25)14(9-23)19(27)24-16-5-4-13(21)8-15(16)22/h3-8H,10H2,1-2H3,(H,24,27)/b20-14-. The first kappa shape index (κ1) is 20.3. The average molecular weight is 432 g/mol. The Balaban J connectivity index is 2.01. The van der Waals surface area contributed by atoms with Gasteiger partial charge in [-0.25, -0.2) is 0 Å². The van der Waals surface area contributed by atoms with E-state index in [1.165, 1.54) is 11.0 Å². The molecular weight excluding hydrogens is 417 g/mol. The Morgan fingerprint density at radius 3 is 2.61 bits per heavy atom. The van der Waals surface area contributed by atoms with E-state index in [4.69, 9.17) is 23.2 Å². The second-order valence-electron chi connectivity index (χ2n) is 6.18. The lowest BCUT2D eigenvalue weighted by Crippen LogP contribution is -2.27. The molecule has 2 amide bonds. The predicted octanol–water partition coefficient (Wildman–Crippen LogP) is 5.06. The van der Waals surface area contributed by atoms with Crippen LogP contribution in [0.3, 0.4) is 0 Å². The highest BCUT2D eigenvalue weighted by molar-refractivity contribution is 8.04. The van der Waals surface area contributed by atoms with Gasteiger partial charge in [-0.05, 0) is 43.7 Å². The number of hydrogen-bond acceptors (Lipinski definition) is 4. The molecule has 0 aromatic heterocycles. The van der Waals surface area contributed by atoms with Gasteiger partial charge >= 0.3 is 0 Å². The molecule has 142 valence electrons. The fourth-order valence-electron chi connectivity index (χ4n) is 2.83. The van der Waals surface area contributed by atoms with Crippen molar-refractivity contribution < 1.29 is 9.59 Å². The molecule has 1 N–H and O–H groups in total. The molecule has 28 heavy (non-hydrogen) atoms. The summed E-state index contributed by atoms with van der Waals surface area (Å²) in [6.45, 7) is 3.84. The van der Waals surface area contributed by atoms with Crippen LogP contribution in [0.5, 0.6) is 0 Å². The van der Waals surface area contributed by atoms with Crippen LogP contribution in [0.25, 0.3) is 0 Å². The molecule has 0 radical (unpaired) electrons. The van der Waals surface area contributed by atoms with Gasteiger partial charge in [-0.15, -0.1) is 0 Å². The summed E-state index contributed by atoms with van der Waals surface area (Å²) in [6, 6.07) is 12.2. The van der Waals surface area contributed by atoms with Gasteiger partial charge in [0.05, 0.1) is 22.2 Å². The van der Waals surface area contributed by atoms with Gasteiger partial charge in [0.1, 0.15) is 16.7 Å². The number of hydrogen-bond donors (Lipinski definition) is 1. The van der Waals surface area contributed by atoms with Crippen LogP contribution < -0.4 is 10.2 Å². The first-order valence-corrected chi connectivity index (χ1v) is 9.99. The van der Waals surface area contributed by atoms with Gasteiger partial charge in [0, 0.05) is 5.02 Å². The fraction of sp³-hybridized carbons (Fsp3) is 0.150. The molecule has 1 aliphatic heterocycles. The number of carbonyl (C=O) groups is 2. The third-order valence-corrected chi connectivity index (χ3v) is 5.71. The Hall–Kier alpha value is -2.46. The number of amides is 2. The normalized spacial score (nSPS) is 15.4. The zero-order valence-corrected chi connectivity index (χ0v) is 17.4. The Bertz CT molecular complexity index is 1060. The van der Waals surface area contributed by atoms with E-state index in [0.29, 0.717) is 21.4 Å². The Kier molecular flexibility index (Phi) is 5.99. The van der Waals surface area contributed by atoms with Crippen LogP contribution in [0, 0.1) is 25.2 Å². The fourth-order valence-corrected chi connectivity index (χ4v) is 4.28. The molecule has 0 spiro atoms. The number of aryl methyl sites for hydroxylation is 2. The van der Waals surface area contributed by atoms with Crippen LogP contribution >= 0.6 is 35.0 Å². The van der Waals surface area contributed by atoms with Crippen molar-refractivity contribution >= 4 is 58.2 Å². The number of nitrogens with zero attached hydrogens (tertiary/aromatic N) is 2. The topological polar surface area (TPSA) is 73.2 Å². The average Bonchev–Trinajstić information content (AvgIpc) is 2.99. The molecule has 0 bridgehead atoms. The van der Waals surface area contributed by atoms with Gasteiger partial charge in [-0.3, -0.25) is 14.5 Å². The number of nitrogens with one attached hydrogen (secondary N) is 1. The molecule has 1 fully saturated rings. The second-order valence-corrected chi connectivity index (χ2v) is 7.99. The van der Waals surface area contributed by atoms with E-state index in [0.717, 1.165) is 22.9 Å². The Labute approximate surface area is 176 Å². The summed E-state index contributed by atoms with van der Waals surface area (Å²) in [7, 11) is 0. The summed E-state index contributed by atoms with van der Waals surface area (Å²) < 4.78 is 0. The lowest BCUT2D eigenvalue weighted by atomic mass is 10.1. The SMILES string of the molecule is Cc1ccc(N2C(=O)CS/C2=C(/C#N)C(=O)Nc2ccc(Cl)cc2Cl)c(C)c1. The summed E-state index contributed by atoms with van der Waals surface area (Å²) >= 11 is 13.1. The number of benzene rings is 2. The van der Waals surface area contributed by atoms with Crippen molar-refractivity contribution in [2.24, 2.45) is 0 Å². The van der Waals surface area contributed by atoms with Crippen molar-refractivity contribution in [2.75, 3.05) is 16.0 Å². The quantitative estimate of drug-likeness (QED) is 0.543. The van der Waals surface area contributed by atoms with Crippen LogP contribution in [0.15, 0.2) is 47.0 Å². The third-order valence-electron chi connectivity index (χ3n) is 4.11. The van der Waals surface area contributed by atoms with E-state index >= 15 is 0 Å².